The van der Waals surface area contributed by atoms with Crippen LogP contribution >= 0.6 is 35.3 Å². The Hall–Kier alpha value is -0.590. The molecular weight excluding hydrogens is 308 g/mol. The van der Waals surface area contributed by atoms with E-state index in [-0.39, 0.29) is 5.91 Å². The topological polar surface area (TPSA) is 46.3 Å². The van der Waals surface area contributed by atoms with Crippen LogP contribution in [0.5, 0.6) is 0 Å². The number of thioether (sulfide) groups is 1. The van der Waals surface area contributed by atoms with E-state index >= 15 is 0 Å². The first kappa shape index (κ1) is 14.4. The average molecular weight is 327 g/mol. The number of nitrogens with zero attached hydrogens (tertiary/aromatic N) is 1. The van der Waals surface area contributed by atoms with Gasteiger partial charge in [0.1, 0.15) is 0 Å². The van der Waals surface area contributed by atoms with Gasteiger partial charge in [0.05, 0.1) is 9.87 Å². The number of hydrogen-bond acceptors (Lipinski definition) is 4. The maximum atomic E-state index is 12.6. The maximum absolute atomic E-state index is 12.6. The minimum atomic E-state index is 0.191. The molecule has 0 saturated carbocycles. The van der Waals surface area contributed by atoms with Crippen LogP contribution in [-0.4, -0.2) is 34.6 Å². The van der Waals surface area contributed by atoms with Crippen molar-refractivity contribution in [3.8, 4) is 0 Å². The van der Waals surface area contributed by atoms with Gasteiger partial charge in [0, 0.05) is 29.6 Å². The lowest BCUT2D eigenvalue weighted by Crippen LogP contribution is -2.41. The van der Waals surface area contributed by atoms with Crippen molar-refractivity contribution in [2.75, 3.05) is 18.8 Å². The first-order valence-corrected chi connectivity index (χ1v) is 9.31. The van der Waals surface area contributed by atoms with Gasteiger partial charge in [0.25, 0.3) is 5.91 Å². The van der Waals surface area contributed by atoms with Gasteiger partial charge in [-0.25, -0.2) is 0 Å². The summed E-state index contributed by atoms with van der Waals surface area (Å²) in [5, 5.41) is 0. The summed E-state index contributed by atoms with van der Waals surface area (Å²) < 4.78 is 0. The Bertz CT molecular complexity index is 509. The molecule has 0 bridgehead atoms. The molecule has 0 unspecified atom stereocenters. The fourth-order valence-corrected chi connectivity index (χ4v) is 5.35. The van der Waals surface area contributed by atoms with Gasteiger partial charge >= 0.3 is 0 Å². The van der Waals surface area contributed by atoms with E-state index in [2.05, 4.69) is 6.07 Å². The van der Waals surface area contributed by atoms with Gasteiger partial charge in [-0.05, 0) is 36.6 Å². The molecule has 0 radical (unpaired) electrons. The van der Waals surface area contributed by atoms with Gasteiger partial charge in [-0.15, -0.1) is 11.3 Å². The molecule has 1 amide bonds. The second-order valence-electron chi connectivity index (χ2n) is 5.33. The molecule has 3 heterocycles. The van der Waals surface area contributed by atoms with Crippen LogP contribution in [0.2, 0.25) is 0 Å². The molecule has 0 aliphatic carbocycles. The molecule has 0 spiro atoms. The van der Waals surface area contributed by atoms with E-state index in [9.17, 15) is 4.79 Å². The third-order valence-corrected chi connectivity index (χ3v) is 6.59. The van der Waals surface area contributed by atoms with Crippen molar-refractivity contribution in [2.24, 2.45) is 11.7 Å². The van der Waals surface area contributed by atoms with Crippen molar-refractivity contribution < 1.29 is 4.79 Å². The lowest BCUT2D eigenvalue weighted by Gasteiger charge is -2.31. The summed E-state index contributed by atoms with van der Waals surface area (Å²) in [5.74, 6) is 2.74. The summed E-state index contributed by atoms with van der Waals surface area (Å²) in [5.41, 5.74) is 7.06. The van der Waals surface area contributed by atoms with Crippen LogP contribution in [0.15, 0.2) is 6.07 Å². The van der Waals surface area contributed by atoms with Crippen molar-refractivity contribution in [2.45, 2.75) is 25.0 Å². The summed E-state index contributed by atoms with van der Waals surface area (Å²) in [7, 11) is 0. The van der Waals surface area contributed by atoms with E-state index in [0.717, 1.165) is 43.0 Å². The number of nitrogens with two attached hydrogens (primary N) is 1. The third-order valence-electron chi connectivity index (χ3n) is 4.02. The zero-order valence-electron chi connectivity index (χ0n) is 11.3. The SMILES string of the molecule is NC(=S)C1CCN(C(=O)c2cc3c(s2)CCSC3)CC1. The van der Waals surface area contributed by atoms with E-state index in [1.54, 1.807) is 11.3 Å². The second-order valence-corrected chi connectivity index (χ2v) is 8.04. The van der Waals surface area contributed by atoms with Crippen LogP contribution in [0.1, 0.15) is 33.0 Å². The number of carbonyl (C=O) groups excluding carboxylic acids is 1. The Morgan fingerprint density at radius 2 is 2.15 bits per heavy atom. The first-order chi connectivity index (χ1) is 9.65. The van der Waals surface area contributed by atoms with Crippen molar-refractivity contribution in [1.82, 2.24) is 4.90 Å². The predicted molar refractivity (Wildman–Crippen MR) is 89.6 cm³/mol. The van der Waals surface area contributed by atoms with E-state index in [1.165, 1.54) is 16.2 Å². The monoisotopic (exact) mass is 326 g/mol. The Balaban J connectivity index is 1.67. The van der Waals surface area contributed by atoms with Gasteiger partial charge in [-0.2, -0.15) is 11.8 Å². The number of thiophene rings is 1. The minimum Gasteiger partial charge on any atom is -0.393 e. The van der Waals surface area contributed by atoms with Crippen LogP contribution in [-0.2, 0) is 12.2 Å². The molecule has 6 heteroatoms. The number of carbonyl (C=O) groups is 1. The summed E-state index contributed by atoms with van der Waals surface area (Å²) in [6.07, 6.45) is 2.92. The second kappa shape index (κ2) is 6.03. The third kappa shape index (κ3) is 2.87. The molecule has 0 aromatic carbocycles. The Morgan fingerprint density at radius 3 is 2.80 bits per heavy atom. The summed E-state index contributed by atoms with van der Waals surface area (Å²) in [4.78, 5) is 17.4. The molecular formula is C14H18N2OS3. The van der Waals surface area contributed by atoms with Gasteiger partial charge in [0.15, 0.2) is 0 Å². The highest BCUT2D eigenvalue weighted by Gasteiger charge is 2.26. The number of aryl methyl sites for hydroxylation is 1. The molecule has 2 aliphatic rings. The number of amides is 1. The molecule has 108 valence electrons. The Morgan fingerprint density at radius 1 is 1.40 bits per heavy atom. The van der Waals surface area contributed by atoms with E-state index in [4.69, 9.17) is 18.0 Å². The van der Waals surface area contributed by atoms with Crippen LogP contribution in [0, 0.1) is 5.92 Å². The maximum Gasteiger partial charge on any atom is 0.263 e. The van der Waals surface area contributed by atoms with Gasteiger partial charge in [0.2, 0.25) is 0 Å². The van der Waals surface area contributed by atoms with Crippen molar-refractivity contribution in [1.29, 1.82) is 0 Å². The van der Waals surface area contributed by atoms with Crippen LogP contribution in [0.4, 0.5) is 0 Å². The number of rotatable bonds is 2. The predicted octanol–water partition coefficient (Wildman–Crippen LogP) is 2.68. The van der Waals surface area contributed by atoms with E-state index in [0.29, 0.717) is 10.9 Å². The lowest BCUT2D eigenvalue weighted by molar-refractivity contribution is 0.0715. The zero-order valence-corrected chi connectivity index (χ0v) is 13.7. The molecule has 20 heavy (non-hydrogen) atoms. The van der Waals surface area contributed by atoms with Gasteiger partial charge in [-0.3, -0.25) is 4.79 Å². The highest BCUT2D eigenvalue weighted by Crippen LogP contribution is 2.32. The molecule has 1 saturated heterocycles. The standard InChI is InChI=1S/C14H18N2OS3/c15-13(18)9-1-4-16(5-2-9)14(17)12-7-10-8-19-6-3-11(10)20-12/h7,9H,1-6,8H2,(H2,15,18). The summed E-state index contributed by atoms with van der Waals surface area (Å²) >= 11 is 8.69. The van der Waals surface area contributed by atoms with E-state index < -0.39 is 0 Å². The number of piperidine rings is 1. The smallest absolute Gasteiger partial charge is 0.263 e. The molecule has 2 aliphatic heterocycles. The molecule has 2 N–H and O–H groups in total. The van der Waals surface area contributed by atoms with Crippen LogP contribution in [0.3, 0.4) is 0 Å². The number of hydrogen-bond donors (Lipinski definition) is 1. The van der Waals surface area contributed by atoms with Crippen LogP contribution in [0.25, 0.3) is 0 Å². The lowest BCUT2D eigenvalue weighted by atomic mass is 9.97. The molecule has 1 aromatic rings. The highest BCUT2D eigenvalue weighted by molar-refractivity contribution is 7.98. The average Bonchev–Trinajstić information content (AvgIpc) is 2.90. The number of likely N-dealkylation sites (tertiary alicyclic amines) is 1. The minimum absolute atomic E-state index is 0.191. The molecule has 0 atom stereocenters. The Labute approximate surface area is 132 Å². The highest BCUT2D eigenvalue weighted by atomic mass is 32.2. The number of thiocarbonyl (C=S) groups is 1. The largest absolute Gasteiger partial charge is 0.393 e. The molecule has 1 fully saturated rings. The van der Waals surface area contributed by atoms with Gasteiger partial charge < -0.3 is 10.6 Å². The van der Waals surface area contributed by atoms with Crippen LogP contribution < -0.4 is 5.73 Å². The van der Waals surface area contributed by atoms with Crippen molar-refractivity contribution in [3.63, 3.8) is 0 Å². The van der Waals surface area contributed by atoms with Crippen molar-refractivity contribution in [3.05, 3.63) is 21.4 Å². The van der Waals surface area contributed by atoms with E-state index in [1.807, 2.05) is 16.7 Å². The fourth-order valence-electron chi connectivity index (χ4n) is 2.78. The Kier molecular flexibility index (Phi) is 4.33. The van der Waals surface area contributed by atoms with Crippen molar-refractivity contribution >= 4 is 46.2 Å². The molecule has 1 aromatic heterocycles. The zero-order chi connectivity index (χ0) is 14.1. The molecule has 3 rings (SSSR count). The molecule has 3 nitrogen and oxygen atoms in total. The summed E-state index contributed by atoms with van der Waals surface area (Å²) in [6, 6.07) is 2.11. The van der Waals surface area contributed by atoms with Gasteiger partial charge in [-0.1, -0.05) is 12.2 Å². The fraction of sp³-hybridized carbons (Fsp3) is 0.571. The number of fused-ring (bicyclic) bond motifs is 1. The quantitative estimate of drug-likeness (QED) is 0.849. The first-order valence-electron chi connectivity index (χ1n) is 6.93. The summed E-state index contributed by atoms with van der Waals surface area (Å²) in [6.45, 7) is 1.55. The normalized spacial score (nSPS) is 19.7.